The molecule has 0 radical (unpaired) electrons. The first-order valence-corrected chi connectivity index (χ1v) is 6.66. The summed E-state index contributed by atoms with van der Waals surface area (Å²) >= 11 is 6.14. The molecule has 1 fully saturated rings. The third kappa shape index (κ3) is 3.58. The lowest BCUT2D eigenvalue weighted by molar-refractivity contribution is 0.270. The summed E-state index contributed by atoms with van der Waals surface area (Å²) in [6.07, 6.45) is 3.86. The van der Waals surface area contributed by atoms with E-state index in [-0.39, 0.29) is 0 Å². The van der Waals surface area contributed by atoms with E-state index in [9.17, 15) is 0 Å². The normalized spacial score (nSPS) is 22.4. The number of aromatic nitrogens is 1. The van der Waals surface area contributed by atoms with Crippen LogP contribution in [-0.4, -0.2) is 23.0 Å². The number of hydrogen-bond acceptors (Lipinski definition) is 3. The molecule has 2 rings (SSSR count). The molecule has 1 aromatic heterocycles. The molecule has 0 aromatic carbocycles. The first-order chi connectivity index (χ1) is 8.15. The fourth-order valence-corrected chi connectivity index (χ4v) is 2.47. The van der Waals surface area contributed by atoms with Crippen LogP contribution in [0.4, 0.5) is 5.82 Å². The molecule has 3 nitrogen and oxygen atoms in total. The Morgan fingerprint density at radius 3 is 3.06 bits per heavy atom. The molecule has 0 aliphatic carbocycles. The lowest BCUT2D eigenvalue weighted by atomic mass is 10.0. The van der Waals surface area contributed by atoms with E-state index in [0.717, 1.165) is 36.3 Å². The average Bonchev–Trinajstić information content (AvgIpc) is 2.49. The van der Waals surface area contributed by atoms with Crippen molar-refractivity contribution < 1.29 is 0 Å². The highest BCUT2D eigenvalue weighted by Gasteiger charge is 2.15. The fraction of sp³-hybridized carbons (Fsp3) is 0.615. The van der Waals surface area contributed by atoms with Crippen molar-refractivity contribution in [2.45, 2.75) is 32.7 Å². The van der Waals surface area contributed by atoms with E-state index in [0.29, 0.717) is 5.82 Å². The molecule has 0 bridgehead atoms. The Labute approximate surface area is 108 Å². The molecule has 2 heterocycles. The van der Waals surface area contributed by atoms with Gasteiger partial charge < -0.3 is 5.73 Å². The smallest absolute Gasteiger partial charge is 0.123 e. The molecule has 1 aromatic rings. The zero-order valence-corrected chi connectivity index (χ0v) is 11.1. The molecule has 1 unspecified atom stereocenters. The molecule has 17 heavy (non-hydrogen) atoms. The van der Waals surface area contributed by atoms with Gasteiger partial charge in [-0.1, -0.05) is 18.5 Å². The molecule has 1 atom stereocenters. The fourth-order valence-electron chi connectivity index (χ4n) is 2.30. The van der Waals surface area contributed by atoms with Gasteiger partial charge in [0.1, 0.15) is 5.82 Å². The van der Waals surface area contributed by atoms with E-state index in [2.05, 4.69) is 16.8 Å². The Kier molecular flexibility index (Phi) is 4.24. The molecule has 94 valence electrons. The summed E-state index contributed by atoms with van der Waals surface area (Å²) < 4.78 is 0. The maximum atomic E-state index is 6.14. The van der Waals surface area contributed by atoms with Crippen LogP contribution in [0.2, 0.25) is 5.02 Å². The number of nitrogen functional groups attached to an aromatic ring is 1. The summed E-state index contributed by atoms with van der Waals surface area (Å²) in [4.78, 5) is 6.75. The van der Waals surface area contributed by atoms with Crippen LogP contribution in [-0.2, 0) is 6.54 Å². The number of anilines is 1. The largest absolute Gasteiger partial charge is 0.384 e. The van der Waals surface area contributed by atoms with Crippen LogP contribution in [0.1, 0.15) is 31.9 Å². The Morgan fingerprint density at radius 2 is 2.24 bits per heavy atom. The number of halogens is 1. The Balaban J connectivity index is 2.02. The van der Waals surface area contributed by atoms with E-state index in [1.54, 1.807) is 6.07 Å². The van der Waals surface area contributed by atoms with Crippen LogP contribution >= 0.6 is 11.6 Å². The van der Waals surface area contributed by atoms with Crippen LogP contribution in [0.15, 0.2) is 12.1 Å². The van der Waals surface area contributed by atoms with Crippen LogP contribution in [0.5, 0.6) is 0 Å². The molecule has 2 N–H and O–H groups in total. The SMILES string of the molecule is CC1CCCN(Cc2nc(N)ccc2Cl)CC1. The Bertz CT molecular complexity index is 381. The molecule has 0 saturated carbocycles. The van der Waals surface area contributed by atoms with Crippen molar-refractivity contribution in [1.82, 2.24) is 9.88 Å². The summed E-state index contributed by atoms with van der Waals surface area (Å²) in [6.45, 7) is 5.41. The first-order valence-electron chi connectivity index (χ1n) is 6.28. The highest BCUT2D eigenvalue weighted by atomic mass is 35.5. The second-order valence-electron chi connectivity index (χ2n) is 4.98. The minimum atomic E-state index is 0.549. The number of pyridine rings is 1. The van der Waals surface area contributed by atoms with Gasteiger partial charge in [0, 0.05) is 6.54 Å². The van der Waals surface area contributed by atoms with Gasteiger partial charge in [0.2, 0.25) is 0 Å². The molecule has 1 saturated heterocycles. The number of nitrogens with two attached hydrogens (primary N) is 1. The summed E-state index contributed by atoms with van der Waals surface area (Å²) in [6, 6.07) is 3.58. The van der Waals surface area contributed by atoms with Crippen molar-refractivity contribution >= 4 is 17.4 Å². The van der Waals surface area contributed by atoms with Crippen molar-refractivity contribution in [3.8, 4) is 0 Å². The molecular weight excluding hydrogens is 234 g/mol. The van der Waals surface area contributed by atoms with Gasteiger partial charge in [0.15, 0.2) is 0 Å². The van der Waals surface area contributed by atoms with Crippen molar-refractivity contribution in [3.05, 3.63) is 22.8 Å². The summed E-state index contributed by atoms with van der Waals surface area (Å²) in [5.41, 5.74) is 6.60. The van der Waals surface area contributed by atoms with Gasteiger partial charge in [-0.25, -0.2) is 4.98 Å². The quantitative estimate of drug-likeness (QED) is 0.881. The van der Waals surface area contributed by atoms with Gasteiger partial charge in [-0.05, 0) is 50.4 Å². The van der Waals surface area contributed by atoms with Gasteiger partial charge in [-0.2, -0.15) is 0 Å². The van der Waals surface area contributed by atoms with E-state index >= 15 is 0 Å². The van der Waals surface area contributed by atoms with Crippen molar-refractivity contribution in [1.29, 1.82) is 0 Å². The zero-order chi connectivity index (χ0) is 12.3. The zero-order valence-electron chi connectivity index (χ0n) is 10.3. The van der Waals surface area contributed by atoms with Gasteiger partial charge in [-0.15, -0.1) is 0 Å². The van der Waals surface area contributed by atoms with Crippen molar-refractivity contribution in [2.24, 2.45) is 5.92 Å². The van der Waals surface area contributed by atoms with E-state index in [1.807, 2.05) is 6.07 Å². The van der Waals surface area contributed by atoms with Crippen LogP contribution in [0.25, 0.3) is 0 Å². The van der Waals surface area contributed by atoms with Gasteiger partial charge in [0.05, 0.1) is 10.7 Å². The molecular formula is C13H20ClN3. The van der Waals surface area contributed by atoms with E-state index in [4.69, 9.17) is 17.3 Å². The standard InChI is InChI=1S/C13H20ClN3/c1-10-3-2-7-17(8-6-10)9-12-11(14)4-5-13(15)16-12/h4-5,10H,2-3,6-9H2,1H3,(H2,15,16). The molecule has 0 amide bonds. The summed E-state index contributed by atoms with van der Waals surface area (Å²) in [7, 11) is 0. The van der Waals surface area contributed by atoms with Crippen LogP contribution in [0, 0.1) is 5.92 Å². The maximum absolute atomic E-state index is 6.14. The number of rotatable bonds is 2. The van der Waals surface area contributed by atoms with Crippen molar-refractivity contribution in [3.63, 3.8) is 0 Å². The van der Waals surface area contributed by atoms with E-state index < -0.39 is 0 Å². The molecule has 4 heteroatoms. The highest BCUT2D eigenvalue weighted by Crippen LogP contribution is 2.21. The predicted molar refractivity (Wildman–Crippen MR) is 72.0 cm³/mol. The Morgan fingerprint density at radius 1 is 1.41 bits per heavy atom. The van der Waals surface area contributed by atoms with Crippen molar-refractivity contribution in [2.75, 3.05) is 18.8 Å². The minimum absolute atomic E-state index is 0.549. The Hall–Kier alpha value is -0.800. The third-order valence-electron chi connectivity index (χ3n) is 3.42. The van der Waals surface area contributed by atoms with Crippen LogP contribution in [0.3, 0.4) is 0 Å². The monoisotopic (exact) mass is 253 g/mol. The second-order valence-corrected chi connectivity index (χ2v) is 5.38. The third-order valence-corrected chi connectivity index (χ3v) is 3.77. The van der Waals surface area contributed by atoms with Gasteiger partial charge >= 0.3 is 0 Å². The number of nitrogens with zero attached hydrogens (tertiary/aromatic N) is 2. The van der Waals surface area contributed by atoms with E-state index in [1.165, 1.54) is 19.3 Å². The first kappa shape index (κ1) is 12.7. The van der Waals surface area contributed by atoms with Gasteiger partial charge in [0.25, 0.3) is 0 Å². The summed E-state index contributed by atoms with van der Waals surface area (Å²) in [5, 5.41) is 0.719. The highest BCUT2D eigenvalue weighted by molar-refractivity contribution is 6.31. The van der Waals surface area contributed by atoms with Crippen LogP contribution < -0.4 is 5.73 Å². The number of hydrogen-bond donors (Lipinski definition) is 1. The topological polar surface area (TPSA) is 42.2 Å². The number of likely N-dealkylation sites (tertiary alicyclic amines) is 1. The maximum Gasteiger partial charge on any atom is 0.123 e. The molecule has 0 spiro atoms. The summed E-state index contributed by atoms with van der Waals surface area (Å²) in [5.74, 6) is 1.39. The second kappa shape index (κ2) is 5.69. The lowest BCUT2D eigenvalue weighted by Gasteiger charge is -2.20. The lowest BCUT2D eigenvalue weighted by Crippen LogP contribution is -2.25. The molecule has 1 aliphatic heterocycles. The molecule has 1 aliphatic rings. The predicted octanol–water partition coefficient (Wildman–Crippen LogP) is 2.94. The average molecular weight is 254 g/mol. The van der Waals surface area contributed by atoms with Gasteiger partial charge in [-0.3, -0.25) is 4.90 Å². The minimum Gasteiger partial charge on any atom is -0.384 e.